The number of allylic oxidation sites excluding steroid dienone is 7. The number of ketones is 1. The third kappa shape index (κ3) is 5.75. The summed E-state index contributed by atoms with van der Waals surface area (Å²) in [4.78, 5) is 11.6. The van der Waals surface area contributed by atoms with Crippen molar-refractivity contribution in [3.63, 3.8) is 0 Å². The summed E-state index contributed by atoms with van der Waals surface area (Å²) in [6.45, 7) is 14.1. The van der Waals surface area contributed by atoms with Crippen LogP contribution in [0.3, 0.4) is 0 Å². The number of nitrogens with zero attached hydrogens (tertiary/aromatic N) is 1. The molecule has 0 spiro atoms. The quantitative estimate of drug-likeness (QED) is 0.291. The van der Waals surface area contributed by atoms with Gasteiger partial charge >= 0.3 is 0 Å². The molecule has 86 valence electrons. The Labute approximate surface area is 101 Å². The van der Waals surface area contributed by atoms with E-state index in [0.29, 0.717) is 5.57 Å². The zero-order valence-corrected chi connectivity index (χ0v) is 9.48. The average molecular weight is 227 g/mol. The number of hydrogen-bond donors (Lipinski definition) is 0. The van der Waals surface area contributed by atoms with Gasteiger partial charge < -0.3 is 4.74 Å². The van der Waals surface area contributed by atoms with Gasteiger partial charge in [-0.25, -0.2) is 0 Å². The van der Waals surface area contributed by atoms with Crippen molar-refractivity contribution in [1.82, 2.24) is 0 Å². The van der Waals surface area contributed by atoms with Crippen LogP contribution in [0.5, 0.6) is 0 Å². The molecular formula is C14H13NO2. The van der Waals surface area contributed by atoms with Gasteiger partial charge in [-0.3, -0.25) is 4.79 Å². The van der Waals surface area contributed by atoms with Gasteiger partial charge in [0, 0.05) is 11.1 Å². The fourth-order valence-electron chi connectivity index (χ4n) is 0.828. The first-order valence-corrected chi connectivity index (χ1v) is 4.67. The van der Waals surface area contributed by atoms with Crippen LogP contribution in [0.1, 0.15) is 0 Å². The molecule has 0 radical (unpaired) electrons. The van der Waals surface area contributed by atoms with Crippen LogP contribution in [0.15, 0.2) is 73.6 Å². The topological polar surface area (TPSA) is 50.1 Å². The van der Waals surface area contributed by atoms with Crippen LogP contribution in [0.25, 0.3) is 0 Å². The van der Waals surface area contributed by atoms with Gasteiger partial charge in [-0.2, -0.15) is 0 Å². The van der Waals surface area contributed by atoms with Crippen molar-refractivity contribution in [2.75, 3.05) is 0 Å². The number of carbonyl (C=O) groups is 1. The first kappa shape index (κ1) is 14.4. The number of hydrogen-bond acceptors (Lipinski definition) is 3. The third-order valence-electron chi connectivity index (χ3n) is 1.66. The number of carbonyl (C=O) groups excluding carboxylic acids is 1. The minimum Gasteiger partial charge on any atom is -0.389 e. The summed E-state index contributed by atoms with van der Waals surface area (Å²) in [6, 6.07) is 0. The predicted octanol–water partition coefficient (Wildman–Crippen LogP) is 2.98. The molecule has 0 heterocycles. The Balaban J connectivity index is 4.53. The molecule has 0 aliphatic rings. The van der Waals surface area contributed by atoms with Gasteiger partial charge in [0.1, 0.15) is 5.76 Å². The minimum atomic E-state index is -0.302. The minimum absolute atomic E-state index is 0.133. The lowest BCUT2D eigenvalue weighted by Crippen LogP contribution is -2.00. The lowest BCUT2D eigenvalue weighted by Gasteiger charge is -1.99. The molecule has 0 fully saturated rings. The smallest absolute Gasteiger partial charge is 0.292 e. The number of ether oxygens (including phenoxy) is 1. The van der Waals surface area contributed by atoms with Crippen molar-refractivity contribution in [2.45, 2.75) is 0 Å². The summed E-state index contributed by atoms with van der Waals surface area (Å²) < 4.78 is 4.42. The van der Waals surface area contributed by atoms with Gasteiger partial charge in [0.05, 0.1) is 0 Å². The molecule has 0 atom stereocenters. The first-order chi connectivity index (χ1) is 8.02. The summed E-state index contributed by atoms with van der Waals surface area (Å²) in [5.74, 6) is -0.169. The zero-order chi connectivity index (χ0) is 13.3. The van der Waals surface area contributed by atoms with E-state index < -0.39 is 0 Å². The molecule has 0 bridgehead atoms. The van der Waals surface area contributed by atoms with Crippen LogP contribution in [0.2, 0.25) is 0 Å². The Morgan fingerprint density at radius 3 is 2.24 bits per heavy atom. The highest BCUT2D eigenvalue weighted by atomic mass is 16.5. The lowest BCUT2D eigenvalue weighted by atomic mass is 10.1. The van der Waals surface area contributed by atoms with Crippen molar-refractivity contribution in [1.29, 1.82) is 5.26 Å². The summed E-state index contributed by atoms with van der Waals surface area (Å²) in [5, 5.41) is 8.21. The molecule has 3 nitrogen and oxygen atoms in total. The molecule has 0 amide bonds. The Morgan fingerprint density at radius 2 is 1.71 bits per heavy atom. The Morgan fingerprint density at radius 1 is 1.12 bits per heavy atom. The van der Waals surface area contributed by atoms with Crippen LogP contribution in [0.4, 0.5) is 0 Å². The Hall–Kier alpha value is -2.60. The van der Waals surface area contributed by atoms with E-state index in [1.54, 1.807) is 12.2 Å². The van der Waals surface area contributed by atoms with Gasteiger partial charge in [-0.15, -0.1) is 5.26 Å². The molecule has 0 N–H and O–H groups in total. The van der Waals surface area contributed by atoms with Crippen LogP contribution in [0, 0.1) is 11.5 Å². The second kappa shape index (κ2) is 7.66. The SMILES string of the molecule is C=C/C=C\C(=C)C(=O)C(=C)/C=C\C(=C)OC#N. The fraction of sp³-hybridized carbons (Fsp3) is 0. The van der Waals surface area contributed by atoms with Crippen LogP contribution >= 0.6 is 0 Å². The molecule has 0 saturated heterocycles. The maximum absolute atomic E-state index is 11.6. The van der Waals surface area contributed by atoms with Crippen LogP contribution in [-0.2, 0) is 9.53 Å². The second-order valence-electron chi connectivity index (χ2n) is 2.97. The summed E-state index contributed by atoms with van der Waals surface area (Å²) >= 11 is 0. The highest BCUT2D eigenvalue weighted by Gasteiger charge is 2.05. The fourth-order valence-corrected chi connectivity index (χ4v) is 0.828. The summed E-state index contributed by atoms with van der Waals surface area (Å²) in [6.07, 6.45) is 8.94. The third-order valence-corrected chi connectivity index (χ3v) is 1.66. The van der Waals surface area contributed by atoms with Crippen molar-refractivity contribution in [3.8, 4) is 6.26 Å². The highest BCUT2D eigenvalue weighted by molar-refractivity contribution is 6.11. The number of nitriles is 1. The van der Waals surface area contributed by atoms with Crippen molar-refractivity contribution >= 4 is 5.78 Å². The molecular weight excluding hydrogens is 214 g/mol. The van der Waals surface area contributed by atoms with Crippen molar-refractivity contribution in [2.24, 2.45) is 0 Å². The maximum atomic E-state index is 11.6. The lowest BCUT2D eigenvalue weighted by molar-refractivity contribution is -0.111. The van der Waals surface area contributed by atoms with E-state index in [2.05, 4.69) is 31.1 Å². The molecule has 0 aliphatic heterocycles. The summed E-state index contributed by atoms with van der Waals surface area (Å²) in [5.41, 5.74) is 0.526. The van der Waals surface area contributed by atoms with E-state index in [0.717, 1.165) is 0 Å². The molecule has 0 unspecified atom stereocenters. The van der Waals surface area contributed by atoms with Gasteiger partial charge in [0.2, 0.25) is 0 Å². The zero-order valence-electron chi connectivity index (χ0n) is 9.48. The molecule has 3 heteroatoms. The van der Waals surface area contributed by atoms with Gasteiger partial charge in [0.25, 0.3) is 6.26 Å². The molecule has 0 aromatic heterocycles. The van der Waals surface area contributed by atoms with Gasteiger partial charge in [-0.05, 0) is 12.2 Å². The average Bonchev–Trinajstić information content (AvgIpc) is 2.32. The predicted molar refractivity (Wildman–Crippen MR) is 67.6 cm³/mol. The Bertz CT molecular complexity index is 459. The van der Waals surface area contributed by atoms with Crippen molar-refractivity contribution in [3.05, 3.63) is 73.6 Å². The van der Waals surface area contributed by atoms with E-state index >= 15 is 0 Å². The normalized spacial score (nSPS) is 9.82. The molecule has 17 heavy (non-hydrogen) atoms. The van der Waals surface area contributed by atoms with E-state index in [1.165, 1.54) is 24.5 Å². The van der Waals surface area contributed by atoms with E-state index in [-0.39, 0.29) is 17.1 Å². The molecule has 0 aliphatic carbocycles. The first-order valence-electron chi connectivity index (χ1n) is 4.67. The monoisotopic (exact) mass is 227 g/mol. The maximum Gasteiger partial charge on any atom is 0.292 e. The van der Waals surface area contributed by atoms with Crippen LogP contribution < -0.4 is 0 Å². The van der Waals surface area contributed by atoms with Crippen LogP contribution in [-0.4, -0.2) is 5.78 Å². The highest BCUT2D eigenvalue weighted by Crippen LogP contribution is 2.07. The van der Waals surface area contributed by atoms with Gasteiger partial charge in [0.15, 0.2) is 5.78 Å². The van der Waals surface area contributed by atoms with E-state index in [1.807, 2.05) is 0 Å². The van der Waals surface area contributed by atoms with E-state index in [4.69, 9.17) is 5.26 Å². The number of rotatable bonds is 7. The largest absolute Gasteiger partial charge is 0.389 e. The second-order valence-corrected chi connectivity index (χ2v) is 2.97. The Kier molecular flexibility index (Phi) is 6.49. The van der Waals surface area contributed by atoms with Gasteiger partial charge in [-0.1, -0.05) is 44.5 Å². The summed E-state index contributed by atoms with van der Waals surface area (Å²) in [7, 11) is 0. The molecule has 0 saturated carbocycles. The molecule has 0 aromatic carbocycles. The molecule has 0 rings (SSSR count). The molecule has 0 aromatic rings. The number of Topliss-reactive ketones (excluding diaryl/α,β-unsaturated/α-hetero) is 1. The van der Waals surface area contributed by atoms with Crippen molar-refractivity contribution < 1.29 is 9.53 Å². The standard InChI is InChI=1S/C14H13NO2/c1-5-6-7-11(2)14(16)12(3)8-9-13(4)17-10-15/h5-9H,1-4H2/b7-6-,9-8-. The van der Waals surface area contributed by atoms with E-state index in [9.17, 15) is 4.79 Å².